The molecule has 42 heavy (non-hydrogen) atoms. The van der Waals surface area contributed by atoms with Gasteiger partial charge in [-0.1, -0.05) is 61.9 Å². The maximum atomic E-state index is 14.2. The van der Waals surface area contributed by atoms with E-state index >= 15 is 0 Å². The number of hydrogen-bond donors (Lipinski definition) is 1. The molecule has 10 heteroatoms. The van der Waals surface area contributed by atoms with E-state index < -0.39 is 28.5 Å². The lowest BCUT2D eigenvalue weighted by Crippen LogP contribution is -2.53. The van der Waals surface area contributed by atoms with Crippen LogP contribution in [-0.4, -0.2) is 58.0 Å². The number of nitrogens with one attached hydrogen (secondary N) is 1. The van der Waals surface area contributed by atoms with E-state index in [1.807, 2.05) is 58.0 Å². The number of carbonyl (C=O) groups is 2. The molecule has 0 saturated carbocycles. The highest BCUT2D eigenvalue weighted by Crippen LogP contribution is 2.34. The number of benzene rings is 3. The van der Waals surface area contributed by atoms with Crippen molar-refractivity contribution in [3.63, 3.8) is 0 Å². The molecule has 0 heterocycles. The Morgan fingerprint density at radius 3 is 2.10 bits per heavy atom. The van der Waals surface area contributed by atoms with Crippen molar-refractivity contribution in [3.8, 4) is 11.5 Å². The van der Waals surface area contributed by atoms with Crippen LogP contribution < -0.4 is 19.1 Å². The van der Waals surface area contributed by atoms with Crippen LogP contribution in [0.15, 0.2) is 77.7 Å². The van der Waals surface area contributed by atoms with E-state index in [-0.39, 0.29) is 29.1 Å². The van der Waals surface area contributed by atoms with Crippen LogP contribution in [0.5, 0.6) is 11.5 Å². The predicted octanol–water partition coefficient (Wildman–Crippen LogP) is 4.93. The van der Waals surface area contributed by atoms with Crippen molar-refractivity contribution in [3.05, 3.63) is 83.9 Å². The largest absolute Gasteiger partial charge is 0.493 e. The summed E-state index contributed by atoms with van der Waals surface area (Å²) in [5.41, 5.74) is 1.94. The molecule has 0 spiro atoms. The average molecular weight is 596 g/mol. The predicted molar refractivity (Wildman–Crippen MR) is 164 cm³/mol. The van der Waals surface area contributed by atoms with Gasteiger partial charge in [0.05, 0.1) is 24.8 Å². The summed E-state index contributed by atoms with van der Waals surface area (Å²) in [5, 5.41) is 2.98. The Kier molecular flexibility index (Phi) is 11.4. The van der Waals surface area contributed by atoms with Crippen molar-refractivity contribution in [2.45, 2.75) is 64.1 Å². The highest BCUT2D eigenvalue weighted by atomic mass is 32.2. The number of hydrogen-bond acceptors (Lipinski definition) is 6. The number of anilines is 1. The Labute approximate surface area is 249 Å². The molecule has 2 amide bonds. The second-order valence-corrected chi connectivity index (χ2v) is 12.0. The molecule has 2 atom stereocenters. The number of aryl methyl sites for hydroxylation is 1. The van der Waals surface area contributed by atoms with Gasteiger partial charge in [0.25, 0.3) is 10.0 Å². The number of carbonyl (C=O) groups excluding carboxylic acids is 2. The van der Waals surface area contributed by atoms with E-state index in [0.29, 0.717) is 17.9 Å². The van der Waals surface area contributed by atoms with Crippen LogP contribution >= 0.6 is 0 Å². The molecule has 0 aliphatic heterocycles. The zero-order chi connectivity index (χ0) is 30.9. The lowest BCUT2D eigenvalue weighted by atomic mass is 10.1. The van der Waals surface area contributed by atoms with E-state index in [0.717, 1.165) is 21.9 Å². The summed E-state index contributed by atoms with van der Waals surface area (Å²) in [5.74, 6) is -0.0727. The number of amides is 2. The standard InChI is InChI=1S/C32H41N3O6S/c1-7-24(4)33-32(37)28(8-2)34(21-25-12-10-9-11-13-25)31(36)22-35(26-16-19-29(40-5)30(20-26)41-6)42(38,39)27-17-14-23(3)15-18-27/h9-20,24,28H,7-8,21-22H2,1-6H3,(H,33,37). The van der Waals surface area contributed by atoms with Crippen LogP contribution in [-0.2, 0) is 26.2 Å². The van der Waals surface area contributed by atoms with Gasteiger partial charge in [-0.25, -0.2) is 8.42 Å². The van der Waals surface area contributed by atoms with Gasteiger partial charge in [-0.15, -0.1) is 0 Å². The average Bonchev–Trinajstić information content (AvgIpc) is 2.99. The first-order valence-electron chi connectivity index (χ1n) is 14.0. The first kappa shape index (κ1) is 32.5. The van der Waals surface area contributed by atoms with Crippen molar-refractivity contribution >= 4 is 27.5 Å². The third-order valence-corrected chi connectivity index (χ3v) is 8.91. The zero-order valence-corrected chi connectivity index (χ0v) is 26.0. The second-order valence-electron chi connectivity index (χ2n) is 10.1. The van der Waals surface area contributed by atoms with Gasteiger partial charge < -0.3 is 19.7 Å². The number of rotatable bonds is 14. The molecule has 3 aromatic carbocycles. The lowest BCUT2D eigenvalue weighted by Gasteiger charge is -2.33. The van der Waals surface area contributed by atoms with Crippen molar-refractivity contribution in [2.75, 3.05) is 25.1 Å². The Morgan fingerprint density at radius 2 is 1.52 bits per heavy atom. The third kappa shape index (κ3) is 7.82. The molecule has 3 aromatic rings. The number of ether oxygens (including phenoxy) is 2. The fraction of sp³-hybridized carbons (Fsp3) is 0.375. The monoisotopic (exact) mass is 595 g/mol. The van der Waals surface area contributed by atoms with E-state index in [1.165, 1.54) is 37.3 Å². The molecule has 0 saturated heterocycles. The molecular formula is C32H41N3O6S. The minimum Gasteiger partial charge on any atom is -0.493 e. The summed E-state index contributed by atoms with van der Waals surface area (Å²) >= 11 is 0. The number of sulfonamides is 1. The minimum atomic E-state index is -4.20. The fourth-order valence-electron chi connectivity index (χ4n) is 4.49. The SMILES string of the molecule is CCC(C)NC(=O)C(CC)N(Cc1ccccc1)C(=O)CN(c1ccc(OC)c(OC)c1)S(=O)(=O)c1ccc(C)cc1. The Hall–Kier alpha value is -4.05. The van der Waals surface area contributed by atoms with Crippen molar-refractivity contribution in [2.24, 2.45) is 0 Å². The molecule has 226 valence electrons. The van der Waals surface area contributed by atoms with Gasteiger partial charge in [0, 0.05) is 18.7 Å². The van der Waals surface area contributed by atoms with Crippen LogP contribution in [0, 0.1) is 6.92 Å². The van der Waals surface area contributed by atoms with Gasteiger partial charge in [-0.05, 0) is 56.5 Å². The summed E-state index contributed by atoms with van der Waals surface area (Å²) < 4.78 is 40.0. The van der Waals surface area contributed by atoms with Crippen molar-refractivity contribution in [1.29, 1.82) is 0 Å². The Morgan fingerprint density at radius 1 is 0.881 bits per heavy atom. The highest BCUT2D eigenvalue weighted by molar-refractivity contribution is 7.92. The third-order valence-electron chi connectivity index (χ3n) is 7.13. The van der Waals surface area contributed by atoms with E-state index in [4.69, 9.17) is 9.47 Å². The molecule has 3 rings (SSSR count). The maximum Gasteiger partial charge on any atom is 0.264 e. The van der Waals surface area contributed by atoms with E-state index in [9.17, 15) is 18.0 Å². The normalized spacial score (nSPS) is 12.6. The molecule has 0 aromatic heterocycles. The first-order chi connectivity index (χ1) is 20.0. The maximum absolute atomic E-state index is 14.2. The Bertz CT molecular complexity index is 1440. The molecule has 0 bridgehead atoms. The van der Waals surface area contributed by atoms with E-state index in [2.05, 4.69) is 5.32 Å². The van der Waals surface area contributed by atoms with Gasteiger partial charge >= 0.3 is 0 Å². The zero-order valence-electron chi connectivity index (χ0n) is 25.2. The molecule has 0 aliphatic carbocycles. The number of nitrogens with zero attached hydrogens (tertiary/aromatic N) is 2. The molecular weight excluding hydrogens is 554 g/mol. The van der Waals surface area contributed by atoms with Gasteiger partial charge in [0.1, 0.15) is 12.6 Å². The lowest BCUT2D eigenvalue weighted by molar-refractivity contribution is -0.140. The summed E-state index contributed by atoms with van der Waals surface area (Å²) in [6, 6.07) is 19.5. The molecule has 0 fully saturated rings. The van der Waals surface area contributed by atoms with Crippen LogP contribution in [0.25, 0.3) is 0 Å². The highest BCUT2D eigenvalue weighted by Gasteiger charge is 2.34. The number of methoxy groups -OCH3 is 2. The summed E-state index contributed by atoms with van der Waals surface area (Å²) in [6.45, 7) is 7.17. The molecule has 9 nitrogen and oxygen atoms in total. The van der Waals surface area contributed by atoms with Gasteiger partial charge in [-0.2, -0.15) is 0 Å². The summed E-state index contributed by atoms with van der Waals surface area (Å²) in [4.78, 5) is 29.1. The van der Waals surface area contributed by atoms with Crippen LogP contribution in [0.1, 0.15) is 44.7 Å². The van der Waals surface area contributed by atoms with Crippen LogP contribution in [0.4, 0.5) is 5.69 Å². The van der Waals surface area contributed by atoms with Crippen LogP contribution in [0.2, 0.25) is 0 Å². The van der Waals surface area contributed by atoms with Gasteiger partial charge in [0.2, 0.25) is 11.8 Å². The molecule has 0 radical (unpaired) electrons. The summed E-state index contributed by atoms with van der Waals surface area (Å²) in [7, 11) is -1.27. The fourth-order valence-corrected chi connectivity index (χ4v) is 5.89. The smallest absolute Gasteiger partial charge is 0.264 e. The molecule has 1 N–H and O–H groups in total. The second kappa shape index (κ2) is 14.7. The van der Waals surface area contributed by atoms with E-state index in [1.54, 1.807) is 24.3 Å². The topological polar surface area (TPSA) is 105 Å². The van der Waals surface area contributed by atoms with Gasteiger partial charge in [-0.3, -0.25) is 13.9 Å². The van der Waals surface area contributed by atoms with Crippen molar-refractivity contribution < 1.29 is 27.5 Å². The summed E-state index contributed by atoms with van der Waals surface area (Å²) in [6.07, 6.45) is 1.08. The van der Waals surface area contributed by atoms with Crippen LogP contribution in [0.3, 0.4) is 0 Å². The molecule has 2 unspecified atom stereocenters. The first-order valence-corrected chi connectivity index (χ1v) is 15.4. The Balaban J connectivity index is 2.10. The quantitative estimate of drug-likeness (QED) is 0.283. The van der Waals surface area contributed by atoms with Crippen molar-refractivity contribution in [1.82, 2.24) is 10.2 Å². The minimum absolute atomic E-state index is 0.0341. The van der Waals surface area contributed by atoms with Gasteiger partial charge in [0.15, 0.2) is 11.5 Å². The molecule has 0 aliphatic rings.